The molecule has 0 aliphatic heterocycles. The third kappa shape index (κ3) is 4.33. The second-order valence-corrected chi connectivity index (χ2v) is 6.65. The van der Waals surface area contributed by atoms with Crippen molar-refractivity contribution in [2.24, 2.45) is 0 Å². The van der Waals surface area contributed by atoms with Crippen LogP contribution in [-0.4, -0.2) is 20.2 Å². The summed E-state index contributed by atoms with van der Waals surface area (Å²) in [7, 11) is 0. The Bertz CT molecular complexity index is 827. The van der Waals surface area contributed by atoms with Crippen molar-refractivity contribution in [1.29, 1.82) is 0 Å². The summed E-state index contributed by atoms with van der Waals surface area (Å²) in [5, 5.41) is 9.32. The van der Waals surface area contributed by atoms with Crippen LogP contribution in [0.5, 0.6) is 0 Å². The molecule has 23 heavy (non-hydrogen) atoms. The maximum atomic E-state index is 12.0. The molecule has 8 heteroatoms. The standard InChI is InChI=1S/C15H15N5OS2/c1-9-4-3-5-12(16-9)18-15-17-11(8-22-15)7-13(21)19-14-6-10(2)20-23-14/h3-6,8H,7H2,1-2H3,(H,19,21)(H,16,17,18). The van der Waals surface area contributed by atoms with Gasteiger partial charge in [-0.3, -0.25) is 4.79 Å². The molecule has 6 nitrogen and oxygen atoms in total. The second kappa shape index (κ2) is 6.84. The number of rotatable bonds is 5. The van der Waals surface area contributed by atoms with Gasteiger partial charge < -0.3 is 10.6 Å². The van der Waals surface area contributed by atoms with Gasteiger partial charge in [0.25, 0.3) is 0 Å². The van der Waals surface area contributed by atoms with Crippen LogP contribution >= 0.6 is 22.9 Å². The molecule has 0 unspecified atom stereocenters. The van der Waals surface area contributed by atoms with Crippen LogP contribution in [0.4, 0.5) is 16.0 Å². The lowest BCUT2D eigenvalue weighted by molar-refractivity contribution is -0.115. The Morgan fingerprint density at radius 2 is 2.09 bits per heavy atom. The van der Waals surface area contributed by atoms with Gasteiger partial charge in [-0.2, -0.15) is 4.37 Å². The van der Waals surface area contributed by atoms with E-state index in [9.17, 15) is 4.79 Å². The molecular formula is C15H15N5OS2. The van der Waals surface area contributed by atoms with E-state index in [1.54, 1.807) is 0 Å². The quantitative estimate of drug-likeness (QED) is 0.739. The maximum Gasteiger partial charge on any atom is 0.231 e. The van der Waals surface area contributed by atoms with Crippen LogP contribution in [0.15, 0.2) is 29.6 Å². The van der Waals surface area contributed by atoms with Gasteiger partial charge in [-0.05, 0) is 43.6 Å². The van der Waals surface area contributed by atoms with Gasteiger partial charge in [-0.15, -0.1) is 11.3 Å². The molecule has 0 saturated heterocycles. The van der Waals surface area contributed by atoms with Gasteiger partial charge in [0, 0.05) is 11.1 Å². The largest absolute Gasteiger partial charge is 0.316 e. The molecule has 0 bridgehead atoms. The molecule has 3 aromatic rings. The number of thiazole rings is 1. The van der Waals surface area contributed by atoms with E-state index in [1.807, 2.05) is 43.5 Å². The zero-order valence-corrected chi connectivity index (χ0v) is 14.3. The van der Waals surface area contributed by atoms with Crippen LogP contribution < -0.4 is 10.6 Å². The van der Waals surface area contributed by atoms with Crippen molar-refractivity contribution in [3.05, 3.63) is 46.7 Å². The second-order valence-electron chi connectivity index (χ2n) is 4.99. The first-order valence-electron chi connectivity index (χ1n) is 6.97. The number of amides is 1. The molecule has 0 spiro atoms. The van der Waals surface area contributed by atoms with Gasteiger partial charge in [0.15, 0.2) is 5.13 Å². The molecule has 2 N–H and O–H groups in total. The number of aryl methyl sites for hydroxylation is 2. The SMILES string of the molecule is Cc1cc(NC(=O)Cc2csc(Nc3cccc(C)n3)n2)sn1. The van der Waals surface area contributed by atoms with Crippen molar-refractivity contribution < 1.29 is 4.79 Å². The van der Waals surface area contributed by atoms with Crippen molar-refractivity contribution in [3.63, 3.8) is 0 Å². The fourth-order valence-corrected chi connectivity index (χ4v) is 3.33. The summed E-state index contributed by atoms with van der Waals surface area (Å²) in [6.07, 6.45) is 0.233. The summed E-state index contributed by atoms with van der Waals surface area (Å²) in [4.78, 5) is 20.8. The molecule has 118 valence electrons. The van der Waals surface area contributed by atoms with Gasteiger partial charge in [0.05, 0.1) is 17.8 Å². The number of aromatic nitrogens is 3. The molecule has 0 aromatic carbocycles. The maximum absolute atomic E-state index is 12.0. The predicted molar refractivity (Wildman–Crippen MR) is 93.6 cm³/mol. The highest BCUT2D eigenvalue weighted by Gasteiger charge is 2.10. The number of carbonyl (C=O) groups is 1. The highest BCUT2D eigenvalue weighted by molar-refractivity contribution is 7.13. The Morgan fingerprint density at radius 3 is 2.83 bits per heavy atom. The van der Waals surface area contributed by atoms with Gasteiger partial charge in [-0.25, -0.2) is 9.97 Å². The third-order valence-electron chi connectivity index (χ3n) is 2.91. The molecule has 0 fully saturated rings. The molecule has 3 heterocycles. The highest BCUT2D eigenvalue weighted by atomic mass is 32.1. The lowest BCUT2D eigenvalue weighted by atomic mass is 10.3. The van der Waals surface area contributed by atoms with Crippen molar-refractivity contribution in [3.8, 4) is 0 Å². The van der Waals surface area contributed by atoms with Crippen LogP contribution in [0.2, 0.25) is 0 Å². The van der Waals surface area contributed by atoms with Crippen molar-refractivity contribution in [2.75, 3.05) is 10.6 Å². The minimum absolute atomic E-state index is 0.0980. The first-order valence-corrected chi connectivity index (χ1v) is 8.62. The summed E-state index contributed by atoms with van der Waals surface area (Å²) in [5.41, 5.74) is 2.56. The van der Waals surface area contributed by atoms with E-state index in [0.717, 1.165) is 33.0 Å². The van der Waals surface area contributed by atoms with E-state index in [2.05, 4.69) is 25.0 Å². The molecule has 0 radical (unpaired) electrons. The zero-order chi connectivity index (χ0) is 16.2. The highest BCUT2D eigenvalue weighted by Crippen LogP contribution is 2.21. The smallest absolute Gasteiger partial charge is 0.231 e. The molecular weight excluding hydrogens is 330 g/mol. The number of nitrogens with zero attached hydrogens (tertiary/aromatic N) is 3. The van der Waals surface area contributed by atoms with Gasteiger partial charge in [0.2, 0.25) is 5.91 Å². The lowest BCUT2D eigenvalue weighted by Crippen LogP contribution is -2.13. The summed E-state index contributed by atoms with van der Waals surface area (Å²) in [6, 6.07) is 7.60. The Balaban J connectivity index is 1.59. The summed E-state index contributed by atoms with van der Waals surface area (Å²) in [6.45, 7) is 3.83. The number of anilines is 3. The molecule has 0 aliphatic carbocycles. The van der Waals surface area contributed by atoms with Gasteiger partial charge >= 0.3 is 0 Å². The van der Waals surface area contributed by atoms with Gasteiger partial charge in [-0.1, -0.05) is 6.07 Å². The summed E-state index contributed by atoms with van der Waals surface area (Å²) >= 11 is 2.73. The minimum atomic E-state index is -0.0980. The topological polar surface area (TPSA) is 79.8 Å². The van der Waals surface area contributed by atoms with E-state index in [-0.39, 0.29) is 12.3 Å². The van der Waals surface area contributed by atoms with E-state index < -0.39 is 0 Å². The first-order chi connectivity index (χ1) is 11.1. The Kier molecular flexibility index (Phi) is 4.63. The fourth-order valence-electron chi connectivity index (χ4n) is 1.94. The summed E-state index contributed by atoms with van der Waals surface area (Å²) < 4.78 is 4.13. The van der Waals surface area contributed by atoms with Crippen LogP contribution in [0.1, 0.15) is 17.1 Å². The number of hydrogen-bond donors (Lipinski definition) is 2. The average Bonchev–Trinajstić information content (AvgIpc) is 3.08. The Labute approximate surface area is 141 Å². The van der Waals surface area contributed by atoms with E-state index in [1.165, 1.54) is 22.9 Å². The van der Waals surface area contributed by atoms with Crippen molar-refractivity contribution >= 4 is 44.7 Å². The first kappa shape index (κ1) is 15.6. The van der Waals surface area contributed by atoms with Crippen molar-refractivity contribution in [2.45, 2.75) is 20.3 Å². The third-order valence-corrected chi connectivity index (χ3v) is 4.51. The molecule has 0 saturated carbocycles. The molecule has 0 atom stereocenters. The number of carbonyl (C=O) groups excluding carboxylic acids is 1. The number of pyridine rings is 1. The van der Waals surface area contributed by atoms with E-state index >= 15 is 0 Å². The fraction of sp³-hybridized carbons (Fsp3) is 0.200. The molecule has 3 rings (SSSR count). The van der Waals surface area contributed by atoms with Gasteiger partial charge in [0.1, 0.15) is 10.8 Å². The van der Waals surface area contributed by atoms with Crippen LogP contribution in [-0.2, 0) is 11.2 Å². The minimum Gasteiger partial charge on any atom is -0.316 e. The molecule has 1 amide bonds. The Morgan fingerprint density at radius 1 is 1.22 bits per heavy atom. The van der Waals surface area contributed by atoms with E-state index in [0.29, 0.717) is 0 Å². The average molecular weight is 345 g/mol. The van der Waals surface area contributed by atoms with E-state index in [4.69, 9.17) is 0 Å². The molecule has 0 aliphatic rings. The van der Waals surface area contributed by atoms with Crippen molar-refractivity contribution in [1.82, 2.24) is 14.3 Å². The number of nitrogens with one attached hydrogen (secondary N) is 2. The Hall–Kier alpha value is -2.32. The zero-order valence-electron chi connectivity index (χ0n) is 12.7. The molecule has 3 aromatic heterocycles. The predicted octanol–water partition coefficient (Wildman–Crippen LogP) is 3.54. The van der Waals surface area contributed by atoms with Crippen LogP contribution in [0.3, 0.4) is 0 Å². The normalized spacial score (nSPS) is 10.5. The monoisotopic (exact) mass is 345 g/mol. The number of hydrogen-bond acceptors (Lipinski definition) is 7. The van der Waals surface area contributed by atoms with Crippen LogP contribution in [0.25, 0.3) is 0 Å². The summed E-state index contributed by atoms with van der Waals surface area (Å²) in [5.74, 6) is 0.648. The lowest BCUT2D eigenvalue weighted by Gasteiger charge is -2.02. The van der Waals surface area contributed by atoms with Crippen LogP contribution in [0, 0.1) is 13.8 Å².